The first-order chi connectivity index (χ1) is 11.2. The molecule has 0 heterocycles. The quantitative estimate of drug-likeness (QED) is 0.751. The SMILES string of the molecule is CC(C)S(=O)(=O)c1ccccc1C(=O)N(C)Cc1ccc(Br)cc1. The van der Waals surface area contributed by atoms with Crippen LogP contribution in [-0.2, 0) is 16.4 Å². The lowest BCUT2D eigenvalue weighted by atomic mass is 10.1. The van der Waals surface area contributed by atoms with Crippen LogP contribution in [0.4, 0.5) is 0 Å². The van der Waals surface area contributed by atoms with Crippen molar-refractivity contribution in [2.24, 2.45) is 0 Å². The Bertz CT molecular complexity index is 830. The van der Waals surface area contributed by atoms with Gasteiger partial charge in [-0.15, -0.1) is 0 Å². The lowest BCUT2D eigenvalue weighted by Crippen LogP contribution is -2.28. The molecule has 0 aromatic heterocycles. The van der Waals surface area contributed by atoms with Crippen molar-refractivity contribution in [3.8, 4) is 0 Å². The zero-order chi connectivity index (χ0) is 17.9. The Kier molecular flexibility index (Phi) is 5.83. The molecule has 24 heavy (non-hydrogen) atoms. The largest absolute Gasteiger partial charge is 0.337 e. The van der Waals surface area contributed by atoms with Gasteiger partial charge in [0.05, 0.1) is 15.7 Å². The van der Waals surface area contributed by atoms with Crippen LogP contribution in [0.15, 0.2) is 57.9 Å². The van der Waals surface area contributed by atoms with Gasteiger partial charge in [-0.2, -0.15) is 0 Å². The molecule has 0 saturated carbocycles. The summed E-state index contributed by atoms with van der Waals surface area (Å²) < 4.78 is 26.0. The normalized spacial score (nSPS) is 11.5. The summed E-state index contributed by atoms with van der Waals surface area (Å²) in [6, 6.07) is 14.0. The second kappa shape index (κ2) is 7.49. The molecule has 2 aromatic carbocycles. The minimum atomic E-state index is -3.52. The number of carbonyl (C=O) groups is 1. The summed E-state index contributed by atoms with van der Waals surface area (Å²) in [6.07, 6.45) is 0. The van der Waals surface area contributed by atoms with Gasteiger partial charge in [-0.25, -0.2) is 8.42 Å². The molecule has 0 bridgehead atoms. The van der Waals surface area contributed by atoms with E-state index < -0.39 is 15.1 Å². The van der Waals surface area contributed by atoms with Gasteiger partial charge in [-0.3, -0.25) is 4.79 Å². The summed E-state index contributed by atoms with van der Waals surface area (Å²) in [7, 11) is -1.85. The van der Waals surface area contributed by atoms with Gasteiger partial charge in [-0.05, 0) is 43.7 Å². The van der Waals surface area contributed by atoms with Crippen LogP contribution in [0.3, 0.4) is 0 Å². The fraction of sp³-hybridized carbons (Fsp3) is 0.278. The zero-order valence-electron chi connectivity index (χ0n) is 13.9. The summed E-state index contributed by atoms with van der Waals surface area (Å²) in [5.41, 5.74) is 1.18. The van der Waals surface area contributed by atoms with Crippen LogP contribution in [0.2, 0.25) is 0 Å². The monoisotopic (exact) mass is 409 g/mol. The van der Waals surface area contributed by atoms with Crippen LogP contribution in [-0.4, -0.2) is 31.5 Å². The first-order valence-electron chi connectivity index (χ1n) is 7.56. The maximum absolute atomic E-state index is 12.8. The molecule has 0 aliphatic rings. The minimum absolute atomic E-state index is 0.0904. The van der Waals surface area contributed by atoms with E-state index in [1.165, 1.54) is 11.0 Å². The fourth-order valence-electron chi connectivity index (χ4n) is 2.29. The Morgan fingerprint density at radius 1 is 1.08 bits per heavy atom. The van der Waals surface area contributed by atoms with Crippen LogP contribution in [0.1, 0.15) is 29.8 Å². The lowest BCUT2D eigenvalue weighted by molar-refractivity contribution is 0.0781. The van der Waals surface area contributed by atoms with Crippen molar-refractivity contribution in [1.82, 2.24) is 4.90 Å². The Labute approximate surface area is 151 Å². The van der Waals surface area contributed by atoms with Crippen molar-refractivity contribution in [1.29, 1.82) is 0 Å². The molecule has 1 amide bonds. The Balaban J connectivity index is 2.31. The molecular formula is C18H20BrNO3S. The second-order valence-corrected chi connectivity index (χ2v) is 9.27. The third-order valence-electron chi connectivity index (χ3n) is 3.72. The molecule has 4 nitrogen and oxygen atoms in total. The molecular weight excluding hydrogens is 390 g/mol. The van der Waals surface area contributed by atoms with E-state index in [-0.39, 0.29) is 16.4 Å². The topological polar surface area (TPSA) is 54.5 Å². The van der Waals surface area contributed by atoms with Crippen LogP contribution >= 0.6 is 15.9 Å². The van der Waals surface area contributed by atoms with E-state index in [9.17, 15) is 13.2 Å². The van der Waals surface area contributed by atoms with E-state index in [0.717, 1.165) is 10.0 Å². The first kappa shape index (κ1) is 18.7. The molecule has 0 N–H and O–H groups in total. The molecule has 0 saturated heterocycles. The zero-order valence-corrected chi connectivity index (χ0v) is 16.3. The summed E-state index contributed by atoms with van der Waals surface area (Å²) in [5.74, 6) is -0.308. The minimum Gasteiger partial charge on any atom is -0.337 e. The summed E-state index contributed by atoms with van der Waals surface area (Å²) in [5, 5.41) is -0.580. The van der Waals surface area contributed by atoms with Crippen molar-refractivity contribution in [3.05, 3.63) is 64.1 Å². The maximum Gasteiger partial charge on any atom is 0.255 e. The van der Waals surface area contributed by atoms with Crippen LogP contribution in [0.5, 0.6) is 0 Å². The predicted molar refractivity (Wildman–Crippen MR) is 98.7 cm³/mol. The van der Waals surface area contributed by atoms with E-state index in [1.807, 2.05) is 24.3 Å². The van der Waals surface area contributed by atoms with Crippen molar-refractivity contribution in [3.63, 3.8) is 0 Å². The third-order valence-corrected chi connectivity index (χ3v) is 6.46. The van der Waals surface area contributed by atoms with Crippen molar-refractivity contribution < 1.29 is 13.2 Å². The van der Waals surface area contributed by atoms with Gasteiger partial charge < -0.3 is 4.90 Å². The molecule has 0 aliphatic heterocycles. The van der Waals surface area contributed by atoms with Crippen molar-refractivity contribution >= 4 is 31.7 Å². The Morgan fingerprint density at radius 3 is 2.25 bits per heavy atom. The van der Waals surface area contributed by atoms with E-state index >= 15 is 0 Å². The number of amides is 1. The Morgan fingerprint density at radius 2 is 1.67 bits per heavy atom. The molecule has 128 valence electrons. The third kappa shape index (κ3) is 4.05. The summed E-state index contributed by atoms with van der Waals surface area (Å²) in [4.78, 5) is 14.4. The van der Waals surface area contributed by atoms with Crippen LogP contribution in [0.25, 0.3) is 0 Å². The highest BCUT2D eigenvalue weighted by atomic mass is 79.9. The average molecular weight is 410 g/mol. The van der Waals surface area contributed by atoms with Crippen LogP contribution in [0, 0.1) is 0 Å². The maximum atomic E-state index is 12.8. The standard InChI is InChI=1S/C18H20BrNO3S/c1-13(2)24(22,23)17-7-5-4-6-16(17)18(21)20(3)12-14-8-10-15(19)11-9-14/h4-11,13H,12H2,1-3H3. The molecule has 2 aromatic rings. The van der Waals surface area contributed by atoms with Gasteiger partial charge in [0.25, 0.3) is 5.91 Å². The van der Waals surface area contributed by atoms with Gasteiger partial charge in [0, 0.05) is 18.1 Å². The second-order valence-electron chi connectivity index (χ2n) is 5.88. The van der Waals surface area contributed by atoms with Crippen molar-refractivity contribution in [2.45, 2.75) is 30.5 Å². The number of hydrogen-bond acceptors (Lipinski definition) is 3. The van der Waals surface area contributed by atoms with E-state index in [0.29, 0.717) is 6.54 Å². The number of nitrogens with zero attached hydrogens (tertiary/aromatic N) is 1. The van der Waals surface area contributed by atoms with E-state index in [2.05, 4.69) is 15.9 Å². The van der Waals surface area contributed by atoms with Gasteiger partial charge >= 0.3 is 0 Å². The fourth-order valence-corrected chi connectivity index (χ4v) is 3.79. The van der Waals surface area contributed by atoms with Gasteiger partial charge in [-0.1, -0.05) is 40.2 Å². The molecule has 6 heteroatoms. The van der Waals surface area contributed by atoms with Gasteiger partial charge in [0.15, 0.2) is 9.84 Å². The molecule has 0 radical (unpaired) electrons. The lowest BCUT2D eigenvalue weighted by Gasteiger charge is -2.20. The smallest absolute Gasteiger partial charge is 0.255 e. The highest BCUT2D eigenvalue weighted by Gasteiger charge is 2.26. The highest BCUT2D eigenvalue weighted by molar-refractivity contribution is 9.10. The molecule has 0 unspecified atom stereocenters. The van der Waals surface area contributed by atoms with Crippen LogP contribution < -0.4 is 0 Å². The summed E-state index contributed by atoms with van der Waals surface area (Å²) in [6.45, 7) is 3.63. The number of halogens is 1. The highest BCUT2D eigenvalue weighted by Crippen LogP contribution is 2.22. The number of benzene rings is 2. The number of hydrogen-bond donors (Lipinski definition) is 0. The molecule has 0 fully saturated rings. The first-order valence-corrected chi connectivity index (χ1v) is 9.90. The summed E-state index contributed by atoms with van der Waals surface area (Å²) >= 11 is 3.37. The van der Waals surface area contributed by atoms with Gasteiger partial charge in [0.2, 0.25) is 0 Å². The number of carbonyl (C=O) groups excluding carboxylic acids is 1. The number of rotatable bonds is 5. The predicted octanol–water partition coefficient (Wildman–Crippen LogP) is 3.90. The van der Waals surface area contributed by atoms with E-state index in [4.69, 9.17) is 0 Å². The van der Waals surface area contributed by atoms with E-state index in [1.54, 1.807) is 39.1 Å². The van der Waals surface area contributed by atoms with Gasteiger partial charge in [0.1, 0.15) is 0 Å². The average Bonchev–Trinajstić information content (AvgIpc) is 2.56. The molecule has 2 rings (SSSR count). The Hall–Kier alpha value is -1.66. The molecule has 0 spiro atoms. The molecule has 0 aliphatic carbocycles. The van der Waals surface area contributed by atoms with Crippen molar-refractivity contribution in [2.75, 3.05) is 7.05 Å². The molecule has 0 atom stereocenters. The number of sulfone groups is 1.